The Morgan fingerprint density at radius 3 is 2.80 bits per heavy atom. The molecule has 1 N–H and O–H groups in total. The SMILES string of the molecule is CCCNC1CCCN(c2ccccc2C(C)C)C1=O. The van der Waals surface area contributed by atoms with Gasteiger partial charge in [-0.2, -0.15) is 0 Å². The van der Waals surface area contributed by atoms with Gasteiger partial charge < -0.3 is 10.2 Å². The van der Waals surface area contributed by atoms with Crippen molar-refractivity contribution in [1.82, 2.24) is 5.32 Å². The number of hydrogen-bond acceptors (Lipinski definition) is 2. The molecular weight excluding hydrogens is 248 g/mol. The number of amides is 1. The van der Waals surface area contributed by atoms with Crippen LogP contribution in [0.2, 0.25) is 0 Å². The highest BCUT2D eigenvalue weighted by atomic mass is 16.2. The van der Waals surface area contributed by atoms with Crippen LogP contribution in [0.1, 0.15) is 51.5 Å². The van der Waals surface area contributed by atoms with Gasteiger partial charge in [0.2, 0.25) is 5.91 Å². The molecule has 1 amide bonds. The number of nitrogens with one attached hydrogen (secondary N) is 1. The van der Waals surface area contributed by atoms with Gasteiger partial charge in [0, 0.05) is 12.2 Å². The Hall–Kier alpha value is -1.35. The van der Waals surface area contributed by atoms with E-state index in [0.717, 1.165) is 38.0 Å². The molecule has 1 unspecified atom stereocenters. The fraction of sp³-hybridized carbons (Fsp3) is 0.588. The van der Waals surface area contributed by atoms with Gasteiger partial charge in [-0.15, -0.1) is 0 Å². The summed E-state index contributed by atoms with van der Waals surface area (Å²) in [7, 11) is 0. The molecule has 1 heterocycles. The Morgan fingerprint density at radius 2 is 2.10 bits per heavy atom. The van der Waals surface area contributed by atoms with Crippen LogP contribution in [0.15, 0.2) is 24.3 Å². The number of carbonyl (C=O) groups excluding carboxylic acids is 1. The molecule has 1 aliphatic rings. The number of piperidine rings is 1. The van der Waals surface area contributed by atoms with E-state index in [1.54, 1.807) is 0 Å². The molecule has 0 aliphatic carbocycles. The number of anilines is 1. The number of benzene rings is 1. The van der Waals surface area contributed by atoms with Crippen LogP contribution in [-0.2, 0) is 4.79 Å². The average molecular weight is 274 g/mol. The van der Waals surface area contributed by atoms with E-state index >= 15 is 0 Å². The van der Waals surface area contributed by atoms with Crippen molar-refractivity contribution in [3.63, 3.8) is 0 Å². The quantitative estimate of drug-likeness (QED) is 0.893. The first-order chi connectivity index (χ1) is 9.65. The third-order valence-electron chi connectivity index (χ3n) is 3.93. The number of para-hydroxylation sites is 1. The van der Waals surface area contributed by atoms with Crippen LogP contribution in [0.25, 0.3) is 0 Å². The van der Waals surface area contributed by atoms with Gasteiger partial charge >= 0.3 is 0 Å². The summed E-state index contributed by atoms with van der Waals surface area (Å²) in [6.45, 7) is 8.25. The Morgan fingerprint density at radius 1 is 1.35 bits per heavy atom. The van der Waals surface area contributed by atoms with Crippen LogP contribution in [-0.4, -0.2) is 25.0 Å². The molecule has 1 aromatic rings. The standard InChI is InChI=1S/C17H26N2O/c1-4-11-18-15-9-7-12-19(17(15)20)16-10-6-5-8-14(16)13(2)3/h5-6,8,10,13,15,18H,4,7,9,11-12H2,1-3H3. The first-order valence-corrected chi connectivity index (χ1v) is 7.78. The largest absolute Gasteiger partial charge is 0.311 e. The second kappa shape index (κ2) is 6.89. The maximum atomic E-state index is 12.7. The van der Waals surface area contributed by atoms with E-state index in [4.69, 9.17) is 0 Å². The lowest BCUT2D eigenvalue weighted by Crippen LogP contribution is -2.51. The third-order valence-corrected chi connectivity index (χ3v) is 3.93. The molecule has 0 bridgehead atoms. The number of carbonyl (C=O) groups is 1. The van der Waals surface area contributed by atoms with Gasteiger partial charge in [-0.05, 0) is 43.4 Å². The molecule has 1 atom stereocenters. The van der Waals surface area contributed by atoms with Crippen LogP contribution in [0.5, 0.6) is 0 Å². The van der Waals surface area contributed by atoms with E-state index in [2.05, 4.69) is 44.3 Å². The average Bonchev–Trinajstić information content (AvgIpc) is 2.46. The Bertz CT molecular complexity index is 456. The lowest BCUT2D eigenvalue weighted by molar-refractivity contribution is -0.121. The molecule has 1 aliphatic heterocycles. The summed E-state index contributed by atoms with van der Waals surface area (Å²) in [4.78, 5) is 14.6. The van der Waals surface area contributed by atoms with Crippen molar-refractivity contribution in [2.45, 2.75) is 52.0 Å². The zero-order chi connectivity index (χ0) is 14.5. The zero-order valence-electron chi connectivity index (χ0n) is 12.9. The van der Waals surface area contributed by atoms with Crippen molar-refractivity contribution in [2.24, 2.45) is 0 Å². The minimum atomic E-state index is -0.0103. The molecular formula is C17H26N2O. The minimum absolute atomic E-state index is 0.0103. The zero-order valence-corrected chi connectivity index (χ0v) is 12.9. The molecule has 1 saturated heterocycles. The van der Waals surface area contributed by atoms with Gasteiger partial charge in [0.1, 0.15) is 0 Å². The second-order valence-electron chi connectivity index (χ2n) is 5.85. The number of hydrogen-bond donors (Lipinski definition) is 1. The van der Waals surface area contributed by atoms with Gasteiger partial charge in [0.05, 0.1) is 6.04 Å². The first-order valence-electron chi connectivity index (χ1n) is 7.78. The minimum Gasteiger partial charge on any atom is -0.311 e. The van der Waals surface area contributed by atoms with Crippen LogP contribution in [0.3, 0.4) is 0 Å². The summed E-state index contributed by atoms with van der Waals surface area (Å²) in [6.07, 6.45) is 3.09. The summed E-state index contributed by atoms with van der Waals surface area (Å²) in [5, 5.41) is 3.38. The highest BCUT2D eigenvalue weighted by Crippen LogP contribution is 2.29. The molecule has 0 spiro atoms. The number of rotatable bonds is 5. The molecule has 0 radical (unpaired) electrons. The predicted octanol–water partition coefficient (Wildman–Crippen LogP) is 3.31. The number of nitrogens with zero attached hydrogens (tertiary/aromatic N) is 1. The van der Waals surface area contributed by atoms with E-state index < -0.39 is 0 Å². The monoisotopic (exact) mass is 274 g/mol. The van der Waals surface area contributed by atoms with Gasteiger partial charge in [0.25, 0.3) is 0 Å². The van der Waals surface area contributed by atoms with Crippen molar-refractivity contribution in [1.29, 1.82) is 0 Å². The van der Waals surface area contributed by atoms with E-state index in [0.29, 0.717) is 5.92 Å². The molecule has 110 valence electrons. The first kappa shape index (κ1) is 15.0. The van der Waals surface area contributed by atoms with Crippen LogP contribution >= 0.6 is 0 Å². The third kappa shape index (κ3) is 3.21. The Balaban J connectivity index is 2.21. The van der Waals surface area contributed by atoms with Gasteiger partial charge in [-0.1, -0.05) is 39.0 Å². The smallest absolute Gasteiger partial charge is 0.244 e. The Kier molecular flexibility index (Phi) is 5.18. The van der Waals surface area contributed by atoms with E-state index in [-0.39, 0.29) is 11.9 Å². The molecule has 0 aromatic heterocycles. The maximum Gasteiger partial charge on any atom is 0.244 e. The van der Waals surface area contributed by atoms with Gasteiger partial charge in [0.15, 0.2) is 0 Å². The van der Waals surface area contributed by atoms with Crippen molar-refractivity contribution in [3.05, 3.63) is 29.8 Å². The molecule has 0 saturated carbocycles. The van der Waals surface area contributed by atoms with E-state index in [1.165, 1.54) is 5.56 Å². The summed E-state index contributed by atoms with van der Waals surface area (Å²) in [6, 6.07) is 8.28. The molecule has 3 nitrogen and oxygen atoms in total. The molecule has 1 fully saturated rings. The van der Waals surface area contributed by atoms with Crippen molar-refractivity contribution < 1.29 is 4.79 Å². The van der Waals surface area contributed by atoms with Gasteiger partial charge in [-0.25, -0.2) is 0 Å². The van der Waals surface area contributed by atoms with Crippen molar-refractivity contribution in [3.8, 4) is 0 Å². The molecule has 20 heavy (non-hydrogen) atoms. The topological polar surface area (TPSA) is 32.3 Å². The summed E-state index contributed by atoms with van der Waals surface area (Å²) in [5.74, 6) is 0.667. The van der Waals surface area contributed by atoms with Gasteiger partial charge in [-0.3, -0.25) is 4.79 Å². The predicted molar refractivity (Wildman–Crippen MR) is 84.2 cm³/mol. The lowest BCUT2D eigenvalue weighted by Gasteiger charge is -2.34. The second-order valence-corrected chi connectivity index (χ2v) is 5.85. The normalized spacial score (nSPS) is 19.7. The summed E-state index contributed by atoms with van der Waals surface area (Å²) < 4.78 is 0. The van der Waals surface area contributed by atoms with Crippen LogP contribution in [0.4, 0.5) is 5.69 Å². The molecule has 3 heteroatoms. The fourth-order valence-electron chi connectivity index (χ4n) is 2.84. The molecule has 1 aromatic carbocycles. The fourth-order valence-corrected chi connectivity index (χ4v) is 2.84. The highest BCUT2D eigenvalue weighted by molar-refractivity contribution is 5.98. The van der Waals surface area contributed by atoms with Crippen molar-refractivity contribution >= 4 is 11.6 Å². The van der Waals surface area contributed by atoms with E-state index in [1.807, 2.05) is 11.0 Å². The van der Waals surface area contributed by atoms with Crippen molar-refractivity contribution in [2.75, 3.05) is 18.0 Å². The Labute approximate surface area is 122 Å². The lowest BCUT2D eigenvalue weighted by atomic mass is 9.97. The van der Waals surface area contributed by atoms with Crippen LogP contribution in [0, 0.1) is 0 Å². The van der Waals surface area contributed by atoms with Crippen LogP contribution < -0.4 is 10.2 Å². The maximum absolute atomic E-state index is 12.7. The molecule has 2 rings (SSSR count). The van der Waals surface area contributed by atoms with E-state index in [9.17, 15) is 4.79 Å². The highest BCUT2D eigenvalue weighted by Gasteiger charge is 2.30. The summed E-state index contributed by atoms with van der Waals surface area (Å²) in [5.41, 5.74) is 2.35. The summed E-state index contributed by atoms with van der Waals surface area (Å²) >= 11 is 0.